The third kappa shape index (κ3) is 5.28. The van der Waals surface area contributed by atoms with Gasteiger partial charge in [0.1, 0.15) is 11.5 Å². The standard InChI is InChI=1S/C23H18ClN3O4/c24-20-12-15(13-25-14-21(28)29)6-11-19(20)22-26-23(31-27-22)16-7-9-18(10-8-16)30-17-4-2-1-3-5-17/h1-12,25H,13-14H2,(H,28,29). The highest BCUT2D eigenvalue weighted by atomic mass is 35.5. The average Bonchev–Trinajstić information content (AvgIpc) is 3.25. The quantitative estimate of drug-likeness (QED) is 0.401. The van der Waals surface area contributed by atoms with Gasteiger partial charge < -0.3 is 19.7 Å². The number of carboxylic acid groups (broad SMARTS) is 1. The molecule has 0 spiro atoms. The van der Waals surface area contributed by atoms with E-state index >= 15 is 0 Å². The minimum atomic E-state index is -0.915. The molecule has 0 fully saturated rings. The summed E-state index contributed by atoms with van der Waals surface area (Å²) in [7, 11) is 0. The number of aromatic nitrogens is 2. The molecule has 1 heterocycles. The molecule has 0 radical (unpaired) electrons. The second-order valence-corrected chi connectivity index (χ2v) is 7.08. The van der Waals surface area contributed by atoms with Gasteiger partial charge in [0.2, 0.25) is 5.82 Å². The van der Waals surface area contributed by atoms with Crippen LogP contribution in [0, 0.1) is 0 Å². The van der Waals surface area contributed by atoms with Crippen LogP contribution in [0.2, 0.25) is 5.02 Å². The van der Waals surface area contributed by atoms with E-state index in [0.29, 0.717) is 34.6 Å². The smallest absolute Gasteiger partial charge is 0.317 e. The van der Waals surface area contributed by atoms with Gasteiger partial charge >= 0.3 is 5.97 Å². The van der Waals surface area contributed by atoms with Gasteiger partial charge in [-0.2, -0.15) is 4.98 Å². The first-order valence-electron chi connectivity index (χ1n) is 9.47. The molecule has 0 unspecified atom stereocenters. The van der Waals surface area contributed by atoms with Gasteiger partial charge in [0, 0.05) is 17.7 Å². The van der Waals surface area contributed by atoms with Gasteiger partial charge in [0.25, 0.3) is 5.89 Å². The normalized spacial score (nSPS) is 10.7. The number of halogens is 1. The molecule has 3 aromatic carbocycles. The molecule has 0 saturated carbocycles. The monoisotopic (exact) mass is 435 g/mol. The van der Waals surface area contributed by atoms with E-state index in [1.807, 2.05) is 60.7 Å². The summed E-state index contributed by atoms with van der Waals surface area (Å²) in [6.07, 6.45) is 0. The van der Waals surface area contributed by atoms with Crippen LogP contribution in [0.1, 0.15) is 5.56 Å². The first-order valence-corrected chi connectivity index (χ1v) is 9.84. The Hall–Kier alpha value is -3.68. The lowest BCUT2D eigenvalue weighted by atomic mass is 10.1. The Morgan fingerprint density at radius 3 is 2.48 bits per heavy atom. The van der Waals surface area contributed by atoms with E-state index in [-0.39, 0.29) is 6.54 Å². The van der Waals surface area contributed by atoms with Crippen LogP contribution in [0.4, 0.5) is 0 Å². The Labute approximate surface area is 183 Å². The van der Waals surface area contributed by atoms with E-state index in [1.165, 1.54) is 0 Å². The summed E-state index contributed by atoms with van der Waals surface area (Å²) >= 11 is 6.38. The number of aliphatic carboxylic acids is 1. The lowest BCUT2D eigenvalue weighted by Gasteiger charge is -2.05. The zero-order valence-corrected chi connectivity index (χ0v) is 17.0. The Morgan fingerprint density at radius 1 is 1.03 bits per heavy atom. The molecule has 7 nitrogen and oxygen atoms in total. The fourth-order valence-corrected chi connectivity index (χ4v) is 3.19. The molecule has 0 saturated heterocycles. The van der Waals surface area contributed by atoms with Crippen molar-refractivity contribution in [2.45, 2.75) is 6.54 Å². The van der Waals surface area contributed by atoms with Gasteiger partial charge in [-0.25, -0.2) is 0 Å². The van der Waals surface area contributed by atoms with Crippen LogP contribution < -0.4 is 10.1 Å². The number of ether oxygens (including phenoxy) is 1. The van der Waals surface area contributed by atoms with Crippen molar-refractivity contribution in [1.29, 1.82) is 0 Å². The van der Waals surface area contributed by atoms with Gasteiger partial charge in [-0.05, 0) is 54.1 Å². The highest BCUT2D eigenvalue weighted by Crippen LogP contribution is 2.30. The zero-order valence-electron chi connectivity index (χ0n) is 16.3. The van der Waals surface area contributed by atoms with E-state index in [9.17, 15) is 4.79 Å². The molecular formula is C23H18ClN3O4. The van der Waals surface area contributed by atoms with Crippen molar-refractivity contribution in [2.75, 3.05) is 6.54 Å². The number of carbonyl (C=O) groups is 1. The van der Waals surface area contributed by atoms with Crippen LogP contribution in [0.25, 0.3) is 22.8 Å². The van der Waals surface area contributed by atoms with E-state index in [1.54, 1.807) is 12.1 Å². The molecule has 156 valence electrons. The number of benzene rings is 3. The highest BCUT2D eigenvalue weighted by Gasteiger charge is 2.14. The second-order valence-electron chi connectivity index (χ2n) is 6.67. The lowest BCUT2D eigenvalue weighted by molar-refractivity contribution is -0.135. The first kappa shape index (κ1) is 20.6. The molecule has 4 aromatic rings. The maximum atomic E-state index is 10.6. The Morgan fingerprint density at radius 2 is 1.77 bits per heavy atom. The number of rotatable bonds is 8. The van der Waals surface area contributed by atoms with Crippen LogP contribution in [-0.2, 0) is 11.3 Å². The Kier molecular flexibility index (Phi) is 6.26. The molecule has 31 heavy (non-hydrogen) atoms. The average molecular weight is 436 g/mol. The third-order valence-electron chi connectivity index (χ3n) is 4.39. The van der Waals surface area contributed by atoms with Crippen LogP contribution in [0.3, 0.4) is 0 Å². The molecule has 0 aliphatic heterocycles. The van der Waals surface area contributed by atoms with Gasteiger partial charge in [-0.3, -0.25) is 4.79 Å². The van der Waals surface area contributed by atoms with Crippen LogP contribution in [0.5, 0.6) is 11.5 Å². The first-order chi connectivity index (χ1) is 15.1. The number of hydrogen-bond acceptors (Lipinski definition) is 6. The van der Waals surface area contributed by atoms with Crippen molar-refractivity contribution in [2.24, 2.45) is 0 Å². The van der Waals surface area contributed by atoms with Crippen molar-refractivity contribution < 1.29 is 19.2 Å². The summed E-state index contributed by atoms with van der Waals surface area (Å²) in [6, 6.07) is 22.2. The molecule has 1 aromatic heterocycles. The fraction of sp³-hybridized carbons (Fsp3) is 0.0870. The minimum Gasteiger partial charge on any atom is -0.480 e. The molecule has 2 N–H and O–H groups in total. The second kappa shape index (κ2) is 9.42. The maximum absolute atomic E-state index is 10.6. The van der Waals surface area contributed by atoms with Crippen LogP contribution in [-0.4, -0.2) is 27.8 Å². The number of nitrogens with one attached hydrogen (secondary N) is 1. The minimum absolute atomic E-state index is 0.122. The van der Waals surface area contributed by atoms with E-state index in [2.05, 4.69) is 15.5 Å². The molecular weight excluding hydrogens is 418 g/mol. The van der Waals surface area contributed by atoms with Crippen molar-refractivity contribution in [3.63, 3.8) is 0 Å². The largest absolute Gasteiger partial charge is 0.480 e. The van der Waals surface area contributed by atoms with Crippen molar-refractivity contribution in [3.8, 4) is 34.3 Å². The van der Waals surface area contributed by atoms with Gasteiger partial charge in [0.05, 0.1) is 11.6 Å². The van der Waals surface area contributed by atoms with E-state index in [0.717, 1.165) is 16.9 Å². The van der Waals surface area contributed by atoms with Crippen LogP contribution >= 0.6 is 11.6 Å². The summed E-state index contributed by atoms with van der Waals surface area (Å²) in [4.78, 5) is 15.0. The van der Waals surface area contributed by atoms with Gasteiger partial charge in [-0.1, -0.05) is 41.0 Å². The predicted molar refractivity (Wildman–Crippen MR) is 116 cm³/mol. The molecule has 0 atom stereocenters. The lowest BCUT2D eigenvalue weighted by Crippen LogP contribution is -2.21. The van der Waals surface area contributed by atoms with Crippen molar-refractivity contribution in [3.05, 3.63) is 83.4 Å². The number of nitrogens with zero attached hydrogens (tertiary/aromatic N) is 2. The maximum Gasteiger partial charge on any atom is 0.317 e. The topological polar surface area (TPSA) is 97.5 Å². The summed E-state index contributed by atoms with van der Waals surface area (Å²) < 4.78 is 11.2. The predicted octanol–water partition coefficient (Wildman–Crippen LogP) is 5.02. The fourth-order valence-electron chi connectivity index (χ4n) is 2.90. The molecule has 0 aliphatic carbocycles. The molecule has 0 bridgehead atoms. The third-order valence-corrected chi connectivity index (χ3v) is 4.70. The van der Waals surface area contributed by atoms with Gasteiger partial charge in [-0.15, -0.1) is 0 Å². The molecule has 0 amide bonds. The van der Waals surface area contributed by atoms with E-state index < -0.39 is 5.97 Å². The Bertz CT molecular complexity index is 1180. The van der Waals surface area contributed by atoms with Crippen molar-refractivity contribution in [1.82, 2.24) is 15.5 Å². The highest BCUT2D eigenvalue weighted by molar-refractivity contribution is 6.33. The molecule has 0 aliphatic rings. The number of carboxylic acids is 1. The molecule has 8 heteroatoms. The Balaban J connectivity index is 1.46. The number of hydrogen-bond donors (Lipinski definition) is 2. The number of para-hydroxylation sites is 1. The summed E-state index contributed by atoms with van der Waals surface area (Å²) in [5.74, 6) is 1.28. The zero-order chi connectivity index (χ0) is 21.6. The SMILES string of the molecule is O=C(O)CNCc1ccc(-c2noc(-c3ccc(Oc4ccccc4)cc3)n2)c(Cl)c1. The van der Waals surface area contributed by atoms with E-state index in [4.69, 9.17) is 26.0 Å². The summed E-state index contributed by atoms with van der Waals surface area (Å²) in [5.41, 5.74) is 2.24. The van der Waals surface area contributed by atoms with Gasteiger partial charge in [0.15, 0.2) is 0 Å². The van der Waals surface area contributed by atoms with Crippen molar-refractivity contribution >= 4 is 17.6 Å². The summed E-state index contributed by atoms with van der Waals surface area (Å²) in [5, 5.41) is 16.0. The molecule has 4 rings (SSSR count). The van der Waals surface area contributed by atoms with Crippen LogP contribution in [0.15, 0.2) is 77.3 Å². The summed E-state index contributed by atoms with van der Waals surface area (Å²) in [6.45, 7) is 0.268.